The van der Waals surface area contributed by atoms with Gasteiger partial charge in [-0.05, 0) is 53.3 Å². The number of amides is 1. The van der Waals surface area contributed by atoms with Crippen LogP contribution in [0, 0.1) is 11.3 Å². The Balaban J connectivity index is 1.34. The van der Waals surface area contributed by atoms with E-state index in [1.807, 2.05) is 36.4 Å². The topological polar surface area (TPSA) is 62.1 Å². The molecule has 194 valence electrons. The van der Waals surface area contributed by atoms with Crippen molar-refractivity contribution in [1.29, 1.82) is 5.26 Å². The number of unbranched alkanes of at least 4 members (excludes halogenated alkanes) is 9. The van der Waals surface area contributed by atoms with E-state index in [0.29, 0.717) is 16.1 Å². The summed E-state index contributed by atoms with van der Waals surface area (Å²) in [5.74, 6) is 0.691. The molecule has 4 nitrogen and oxygen atoms in total. The summed E-state index contributed by atoms with van der Waals surface area (Å²) in [7, 11) is 0. The zero-order valence-corrected chi connectivity index (χ0v) is 22.7. The molecule has 3 aromatic rings. The van der Waals surface area contributed by atoms with Crippen molar-refractivity contribution in [2.24, 2.45) is 0 Å². The Bertz CT molecular complexity index is 1140. The molecule has 1 amide bonds. The molecule has 0 saturated carbocycles. The Hall–Kier alpha value is -3.36. The number of benzene rings is 2. The quantitative estimate of drug-likeness (QED) is 0.153. The molecule has 37 heavy (non-hydrogen) atoms. The molecule has 1 heterocycles. The number of anilines is 1. The number of rotatable bonds is 16. The lowest BCUT2D eigenvalue weighted by molar-refractivity contribution is 0.102. The minimum absolute atomic E-state index is 0.220. The summed E-state index contributed by atoms with van der Waals surface area (Å²) in [5, 5.41) is 14.3. The molecule has 0 bridgehead atoms. The molecule has 0 unspecified atom stereocenters. The summed E-state index contributed by atoms with van der Waals surface area (Å²) >= 11 is 1.34. The predicted molar refractivity (Wildman–Crippen MR) is 156 cm³/mol. The van der Waals surface area contributed by atoms with Crippen LogP contribution in [0.4, 0.5) is 5.00 Å². The first-order valence-electron chi connectivity index (χ1n) is 13.5. The summed E-state index contributed by atoms with van der Waals surface area (Å²) in [5.41, 5.74) is 3.13. The number of carbonyl (C=O) groups excluding carboxylic acids is 1. The van der Waals surface area contributed by atoms with Crippen LogP contribution in [0.2, 0.25) is 0 Å². The molecule has 5 heteroatoms. The maximum Gasteiger partial charge on any atom is 0.256 e. The third-order valence-corrected chi connectivity index (χ3v) is 7.13. The monoisotopic (exact) mass is 514 g/mol. The highest BCUT2D eigenvalue weighted by molar-refractivity contribution is 7.14. The van der Waals surface area contributed by atoms with Gasteiger partial charge in [-0.2, -0.15) is 5.26 Å². The minimum atomic E-state index is -0.220. The highest BCUT2D eigenvalue weighted by Gasteiger charge is 2.10. The van der Waals surface area contributed by atoms with E-state index >= 15 is 0 Å². The number of thiophene rings is 1. The average molecular weight is 515 g/mol. The molecule has 0 spiro atoms. The average Bonchev–Trinajstić information content (AvgIpc) is 3.38. The molecule has 0 saturated heterocycles. The maximum absolute atomic E-state index is 12.5. The van der Waals surface area contributed by atoms with Gasteiger partial charge in [-0.1, -0.05) is 101 Å². The van der Waals surface area contributed by atoms with Crippen molar-refractivity contribution in [1.82, 2.24) is 0 Å². The second kappa shape index (κ2) is 16.4. The smallest absolute Gasteiger partial charge is 0.256 e. The van der Waals surface area contributed by atoms with Crippen LogP contribution in [0.3, 0.4) is 0 Å². The van der Waals surface area contributed by atoms with Gasteiger partial charge in [0, 0.05) is 5.56 Å². The second-order valence-corrected chi connectivity index (χ2v) is 10.2. The predicted octanol–water partition coefficient (Wildman–Crippen LogP) is 9.34. The van der Waals surface area contributed by atoms with E-state index in [1.165, 1.54) is 69.1 Å². The van der Waals surface area contributed by atoms with Crippen LogP contribution in [0.15, 0.2) is 60.0 Å². The number of nitriles is 1. The molecule has 1 aromatic heterocycles. The molecule has 0 fully saturated rings. The van der Waals surface area contributed by atoms with Crippen molar-refractivity contribution in [3.05, 3.63) is 82.2 Å². The van der Waals surface area contributed by atoms with Crippen LogP contribution in [0.5, 0.6) is 5.75 Å². The number of ether oxygens (including phenoxy) is 1. The summed E-state index contributed by atoms with van der Waals surface area (Å²) in [6, 6.07) is 19.3. The van der Waals surface area contributed by atoms with Gasteiger partial charge >= 0.3 is 0 Å². The van der Waals surface area contributed by atoms with Gasteiger partial charge in [0.25, 0.3) is 5.91 Å². The number of hydrogen-bond donors (Lipinski definition) is 1. The van der Waals surface area contributed by atoms with E-state index in [1.54, 1.807) is 23.6 Å². The first-order chi connectivity index (χ1) is 18.2. The second-order valence-electron chi connectivity index (χ2n) is 9.28. The third-order valence-electron chi connectivity index (χ3n) is 6.30. The van der Waals surface area contributed by atoms with Crippen LogP contribution >= 0.6 is 11.3 Å². The highest BCUT2D eigenvalue weighted by atomic mass is 32.1. The standard InChI is InChI=1S/C32H38N2O2S/c1-2-3-4-5-6-7-8-9-10-11-23-36-30-20-16-27(17-21-30)13-12-26-14-18-28(19-15-26)31(35)34-32-29(25-33)22-24-37-32/h12-22,24H,2-11,23H2,1H3,(H,34,35)/b13-12+. The van der Waals surface area contributed by atoms with Gasteiger partial charge in [0.05, 0.1) is 12.2 Å². The zero-order chi connectivity index (χ0) is 26.1. The Morgan fingerprint density at radius 1 is 0.838 bits per heavy atom. The lowest BCUT2D eigenvalue weighted by Gasteiger charge is -2.07. The van der Waals surface area contributed by atoms with Crippen molar-refractivity contribution in [2.75, 3.05) is 11.9 Å². The van der Waals surface area contributed by atoms with Crippen molar-refractivity contribution >= 4 is 34.4 Å². The molecule has 0 aliphatic heterocycles. The Labute approximate surface area is 226 Å². The maximum atomic E-state index is 12.5. The van der Waals surface area contributed by atoms with Crippen molar-refractivity contribution in [3.63, 3.8) is 0 Å². The summed E-state index contributed by atoms with van der Waals surface area (Å²) in [6.07, 6.45) is 17.3. The SMILES string of the molecule is CCCCCCCCCCCCOc1ccc(/C=C/c2ccc(C(=O)Nc3sccc3C#N)cc2)cc1. The van der Waals surface area contributed by atoms with E-state index in [9.17, 15) is 4.79 Å². The third kappa shape index (κ3) is 10.3. The molecular formula is C32H38N2O2S. The first kappa shape index (κ1) is 28.2. The van der Waals surface area contributed by atoms with Crippen molar-refractivity contribution in [2.45, 2.75) is 71.1 Å². The number of carbonyl (C=O) groups is 1. The van der Waals surface area contributed by atoms with Crippen LogP contribution in [-0.2, 0) is 0 Å². The Morgan fingerprint density at radius 2 is 1.41 bits per heavy atom. The van der Waals surface area contributed by atoms with Crippen LogP contribution in [-0.4, -0.2) is 12.5 Å². The van der Waals surface area contributed by atoms with Crippen LogP contribution < -0.4 is 10.1 Å². The molecule has 1 N–H and O–H groups in total. The van der Waals surface area contributed by atoms with Crippen molar-refractivity contribution in [3.8, 4) is 11.8 Å². The number of nitrogens with zero attached hydrogens (tertiary/aromatic N) is 1. The molecular weight excluding hydrogens is 476 g/mol. The summed E-state index contributed by atoms with van der Waals surface area (Å²) < 4.78 is 5.90. The minimum Gasteiger partial charge on any atom is -0.494 e. The highest BCUT2D eigenvalue weighted by Crippen LogP contribution is 2.23. The van der Waals surface area contributed by atoms with Gasteiger partial charge in [0.15, 0.2) is 0 Å². The van der Waals surface area contributed by atoms with Gasteiger partial charge in [-0.25, -0.2) is 0 Å². The summed E-state index contributed by atoms with van der Waals surface area (Å²) in [4.78, 5) is 12.5. The first-order valence-corrected chi connectivity index (χ1v) is 14.4. The molecule has 3 rings (SSSR count). The van der Waals surface area contributed by atoms with Crippen LogP contribution in [0.25, 0.3) is 12.2 Å². The fraction of sp³-hybridized carbons (Fsp3) is 0.375. The van der Waals surface area contributed by atoms with E-state index in [2.05, 4.69) is 30.4 Å². The fourth-order valence-corrected chi connectivity index (χ4v) is 4.79. The van der Waals surface area contributed by atoms with E-state index in [-0.39, 0.29) is 5.91 Å². The lowest BCUT2D eigenvalue weighted by atomic mass is 10.1. The number of nitrogens with one attached hydrogen (secondary N) is 1. The molecule has 0 atom stereocenters. The molecule has 0 aliphatic rings. The van der Waals surface area contributed by atoms with Gasteiger partial charge < -0.3 is 10.1 Å². The van der Waals surface area contributed by atoms with Gasteiger partial charge in [0.2, 0.25) is 0 Å². The number of hydrogen-bond acceptors (Lipinski definition) is 4. The zero-order valence-electron chi connectivity index (χ0n) is 21.9. The van der Waals surface area contributed by atoms with Gasteiger partial charge in [0.1, 0.15) is 16.8 Å². The summed E-state index contributed by atoms with van der Waals surface area (Å²) in [6.45, 7) is 3.04. The van der Waals surface area contributed by atoms with Gasteiger partial charge in [-0.15, -0.1) is 11.3 Å². The van der Waals surface area contributed by atoms with E-state index in [4.69, 9.17) is 10.00 Å². The van der Waals surface area contributed by atoms with Crippen LogP contribution in [0.1, 0.15) is 98.2 Å². The molecule has 2 aromatic carbocycles. The largest absolute Gasteiger partial charge is 0.494 e. The van der Waals surface area contributed by atoms with Crippen molar-refractivity contribution < 1.29 is 9.53 Å². The van der Waals surface area contributed by atoms with E-state index in [0.717, 1.165) is 29.9 Å². The Kier molecular flexibility index (Phi) is 12.5. The van der Waals surface area contributed by atoms with Gasteiger partial charge in [-0.3, -0.25) is 4.79 Å². The normalized spacial score (nSPS) is 10.9. The fourth-order valence-electron chi connectivity index (χ4n) is 4.06. The molecule has 0 aliphatic carbocycles. The molecule has 0 radical (unpaired) electrons. The van der Waals surface area contributed by atoms with E-state index < -0.39 is 0 Å². The Morgan fingerprint density at radius 3 is 2.00 bits per heavy atom. The lowest BCUT2D eigenvalue weighted by Crippen LogP contribution is -2.11.